The molecular weight excluding hydrogens is 435 g/mol. The molecule has 0 aliphatic carbocycles. The summed E-state index contributed by atoms with van der Waals surface area (Å²) in [4.78, 5) is 10.8. The predicted molar refractivity (Wildman–Crippen MR) is 105 cm³/mol. The van der Waals surface area contributed by atoms with Crippen molar-refractivity contribution in [3.63, 3.8) is 0 Å². The molecule has 1 aromatic carbocycles. The molecule has 4 heterocycles. The lowest BCUT2D eigenvalue weighted by Crippen LogP contribution is -2.62. The fourth-order valence-electron chi connectivity index (χ4n) is 4.42. The average Bonchev–Trinajstić information content (AvgIpc) is 3.06. The maximum Gasteiger partial charge on any atom is 0.419 e. The van der Waals surface area contributed by atoms with E-state index in [0.717, 1.165) is 38.9 Å². The second kappa shape index (κ2) is 6.99. The summed E-state index contributed by atoms with van der Waals surface area (Å²) in [6, 6.07) is 0.301. The van der Waals surface area contributed by atoms with Gasteiger partial charge in [-0.2, -0.15) is 23.3 Å². The van der Waals surface area contributed by atoms with Crippen molar-refractivity contribution in [2.75, 3.05) is 24.5 Å². The van der Waals surface area contributed by atoms with Crippen molar-refractivity contribution in [3.8, 4) is 17.0 Å². The van der Waals surface area contributed by atoms with Gasteiger partial charge in [0.15, 0.2) is 23.0 Å². The third-order valence-electron chi connectivity index (χ3n) is 6.41. The summed E-state index contributed by atoms with van der Waals surface area (Å²) < 4.78 is 69.3. The number of phenols is 1. The molecular formula is C20H19F5N6O. The lowest BCUT2D eigenvalue weighted by molar-refractivity contribution is -0.140. The Morgan fingerprint density at radius 3 is 2.41 bits per heavy atom. The Labute approximate surface area is 178 Å². The Hall–Kier alpha value is -3.02. The highest BCUT2D eigenvalue weighted by Crippen LogP contribution is 2.41. The highest BCUT2D eigenvalue weighted by atomic mass is 19.4. The molecule has 7 nitrogen and oxygen atoms in total. The van der Waals surface area contributed by atoms with Gasteiger partial charge in [-0.25, -0.2) is 18.4 Å². The quantitative estimate of drug-likeness (QED) is 0.579. The van der Waals surface area contributed by atoms with E-state index in [4.69, 9.17) is 0 Å². The molecule has 2 fully saturated rings. The van der Waals surface area contributed by atoms with Crippen LogP contribution in [-0.2, 0) is 13.2 Å². The Morgan fingerprint density at radius 1 is 1.12 bits per heavy atom. The van der Waals surface area contributed by atoms with Crippen molar-refractivity contribution in [2.45, 2.75) is 31.0 Å². The lowest BCUT2D eigenvalue weighted by atomic mass is 9.79. The van der Waals surface area contributed by atoms with Crippen molar-refractivity contribution in [2.24, 2.45) is 7.05 Å². The van der Waals surface area contributed by atoms with Crippen LogP contribution in [0.15, 0.2) is 12.3 Å². The molecule has 2 aliphatic heterocycles. The summed E-state index contributed by atoms with van der Waals surface area (Å²) in [6.07, 6.45) is -0.725. The first-order chi connectivity index (χ1) is 15.1. The number of piperidine rings is 1. The number of benzene rings is 1. The summed E-state index contributed by atoms with van der Waals surface area (Å²) in [5.74, 6) is -4.87. The molecule has 0 radical (unpaired) electrons. The van der Waals surface area contributed by atoms with Gasteiger partial charge in [0.2, 0.25) is 5.95 Å². The molecule has 5 rings (SSSR count). The predicted octanol–water partition coefficient (Wildman–Crippen LogP) is 3.37. The SMILES string of the molecule is Cn1nc(-c2cc(C(F)(F)F)c(F)c(O)c2F)c2cnc(N3CCC4(CCN4)CC3)nc21. The van der Waals surface area contributed by atoms with E-state index in [2.05, 4.69) is 20.4 Å². The minimum absolute atomic E-state index is 0.184. The number of rotatable bonds is 2. The van der Waals surface area contributed by atoms with Crippen LogP contribution in [0.5, 0.6) is 5.75 Å². The van der Waals surface area contributed by atoms with Gasteiger partial charge >= 0.3 is 6.18 Å². The van der Waals surface area contributed by atoms with Crippen LogP contribution in [0.4, 0.5) is 27.9 Å². The third kappa shape index (κ3) is 3.15. The van der Waals surface area contributed by atoms with E-state index in [1.807, 2.05) is 4.90 Å². The maximum absolute atomic E-state index is 14.6. The smallest absolute Gasteiger partial charge is 0.419 e. The first-order valence-electron chi connectivity index (χ1n) is 10.1. The molecule has 3 aromatic rings. The molecule has 170 valence electrons. The molecule has 2 N–H and O–H groups in total. The fourth-order valence-corrected chi connectivity index (χ4v) is 4.42. The summed E-state index contributed by atoms with van der Waals surface area (Å²) in [5, 5.41) is 17.4. The number of alkyl halides is 3. The first kappa shape index (κ1) is 20.9. The van der Waals surface area contributed by atoms with E-state index in [1.165, 1.54) is 17.9 Å². The lowest BCUT2D eigenvalue weighted by Gasteiger charge is -2.48. The van der Waals surface area contributed by atoms with Gasteiger partial charge in [-0.15, -0.1) is 0 Å². The summed E-state index contributed by atoms with van der Waals surface area (Å²) in [6.45, 7) is 2.52. The van der Waals surface area contributed by atoms with E-state index in [-0.39, 0.29) is 22.3 Å². The zero-order valence-electron chi connectivity index (χ0n) is 17.0. The number of aryl methyl sites for hydroxylation is 1. The monoisotopic (exact) mass is 454 g/mol. The minimum atomic E-state index is -5.13. The number of phenolic OH excluding ortho intramolecular Hbond substituents is 1. The summed E-state index contributed by atoms with van der Waals surface area (Å²) >= 11 is 0. The third-order valence-corrected chi connectivity index (χ3v) is 6.41. The fraction of sp³-hybridized carbons (Fsp3) is 0.450. The largest absolute Gasteiger partial charge is 0.503 e. The molecule has 1 spiro atoms. The molecule has 0 atom stereocenters. The maximum atomic E-state index is 14.6. The average molecular weight is 454 g/mol. The molecule has 0 amide bonds. The van der Waals surface area contributed by atoms with E-state index in [1.54, 1.807) is 0 Å². The second-order valence-corrected chi connectivity index (χ2v) is 8.27. The zero-order valence-corrected chi connectivity index (χ0v) is 17.0. The Balaban J connectivity index is 1.55. The number of fused-ring (bicyclic) bond motifs is 1. The van der Waals surface area contributed by atoms with Crippen LogP contribution in [0.3, 0.4) is 0 Å². The van der Waals surface area contributed by atoms with Crippen molar-refractivity contribution < 1.29 is 27.1 Å². The Bertz CT molecular complexity index is 1210. The number of halogens is 5. The van der Waals surface area contributed by atoms with Crippen molar-refractivity contribution in [1.82, 2.24) is 25.1 Å². The van der Waals surface area contributed by atoms with E-state index in [0.29, 0.717) is 12.0 Å². The molecule has 32 heavy (non-hydrogen) atoms. The normalized spacial score (nSPS) is 18.4. The Kier molecular flexibility index (Phi) is 4.56. The van der Waals surface area contributed by atoms with Gasteiger partial charge in [-0.05, 0) is 31.9 Å². The topological polar surface area (TPSA) is 79.1 Å². The highest BCUT2D eigenvalue weighted by Gasteiger charge is 2.40. The van der Waals surface area contributed by atoms with Crippen LogP contribution in [-0.4, -0.2) is 50.0 Å². The number of hydrogen-bond donors (Lipinski definition) is 2. The number of hydrogen-bond acceptors (Lipinski definition) is 6. The van der Waals surface area contributed by atoms with Gasteiger partial charge in [0.05, 0.1) is 10.9 Å². The van der Waals surface area contributed by atoms with Crippen molar-refractivity contribution in [3.05, 3.63) is 29.5 Å². The van der Waals surface area contributed by atoms with Gasteiger partial charge < -0.3 is 15.3 Å². The number of aromatic hydroxyl groups is 1. The number of anilines is 1. The molecule has 0 unspecified atom stereocenters. The molecule has 2 saturated heterocycles. The van der Waals surface area contributed by atoms with Crippen LogP contribution < -0.4 is 10.2 Å². The standard InChI is InChI=1S/C20H19F5N6O/c1-30-17-11(9-26-18(28-17)31-6-3-19(4-7-31)2-5-27-19)15(29-30)10-8-12(20(23,24)25)14(22)16(32)13(10)21/h8-9,27,32H,2-7H2,1H3. The van der Waals surface area contributed by atoms with Gasteiger partial charge in [0.1, 0.15) is 5.69 Å². The number of nitrogens with zero attached hydrogens (tertiary/aromatic N) is 5. The van der Waals surface area contributed by atoms with Crippen LogP contribution >= 0.6 is 0 Å². The second-order valence-electron chi connectivity index (χ2n) is 8.27. The number of aromatic nitrogens is 4. The molecule has 0 saturated carbocycles. The van der Waals surface area contributed by atoms with E-state index >= 15 is 0 Å². The summed E-state index contributed by atoms with van der Waals surface area (Å²) in [5.41, 5.74) is -2.21. The van der Waals surface area contributed by atoms with Crippen LogP contribution in [0.25, 0.3) is 22.3 Å². The molecule has 2 aromatic heterocycles. The minimum Gasteiger partial charge on any atom is -0.503 e. The molecule has 0 bridgehead atoms. The Morgan fingerprint density at radius 2 is 1.81 bits per heavy atom. The molecule has 12 heteroatoms. The van der Waals surface area contributed by atoms with Gasteiger partial charge in [0, 0.05) is 37.4 Å². The summed E-state index contributed by atoms with van der Waals surface area (Å²) in [7, 11) is 1.51. The van der Waals surface area contributed by atoms with Crippen LogP contribution in [0.1, 0.15) is 24.8 Å². The van der Waals surface area contributed by atoms with Crippen LogP contribution in [0, 0.1) is 11.6 Å². The van der Waals surface area contributed by atoms with Gasteiger partial charge in [-0.1, -0.05) is 0 Å². The van der Waals surface area contributed by atoms with Crippen LogP contribution in [0.2, 0.25) is 0 Å². The van der Waals surface area contributed by atoms with Crippen molar-refractivity contribution >= 4 is 17.0 Å². The van der Waals surface area contributed by atoms with E-state index < -0.39 is 34.7 Å². The highest BCUT2D eigenvalue weighted by molar-refractivity contribution is 5.91. The van der Waals surface area contributed by atoms with Crippen molar-refractivity contribution in [1.29, 1.82) is 0 Å². The molecule has 2 aliphatic rings. The first-order valence-corrected chi connectivity index (χ1v) is 10.1. The number of nitrogens with one attached hydrogen (secondary N) is 1. The van der Waals surface area contributed by atoms with Gasteiger partial charge in [0.25, 0.3) is 0 Å². The zero-order chi connectivity index (χ0) is 22.8. The van der Waals surface area contributed by atoms with E-state index in [9.17, 15) is 27.1 Å². The van der Waals surface area contributed by atoms with Gasteiger partial charge in [-0.3, -0.25) is 0 Å².